The number of para-hydroxylation sites is 1. The van der Waals surface area contributed by atoms with E-state index in [0.29, 0.717) is 10.6 Å². The standard InChI is InChI=1S/C21H17ClF3N3O3S/c1-12-20(32(29,30)16-6-4-3-5-15(16)31-2)19(13-7-9-14(22)10-8-13)28-18(26-12)11-17(27-28)21(23,24)25/h3-11,19,26H,1-2H3. The third kappa shape index (κ3) is 3.73. The van der Waals surface area contributed by atoms with Gasteiger partial charge < -0.3 is 10.1 Å². The van der Waals surface area contributed by atoms with Gasteiger partial charge in [-0.05, 0) is 36.8 Å². The third-order valence-electron chi connectivity index (χ3n) is 5.04. The fourth-order valence-corrected chi connectivity index (χ4v) is 5.66. The van der Waals surface area contributed by atoms with Crippen molar-refractivity contribution in [3.8, 4) is 5.75 Å². The lowest BCUT2D eigenvalue weighted by molar-refractivity contribution is -0.141. The molecule has 1 unspecified atom stereocenters. The van der Waals surface area contributed by atoms with Crippen LogP contribution in [0.25, 0.3) is 0 Å². The van der Waals surface area contributed by atoms with Crippen LogP contribution in [0.4, 0.5) is 19.0 Å². The number of benzene rings is 2. The molecular formula is C21H17ClF3N3O3S. The molecule has 1 aromatic heterocycles. The van der Waals surface area contributed by atoms with Crippen LogP contribution >= 0.6 is 11.6 Å². The normalized spacial score (nSPS) is 16.5. The SMILES string of the molecule is COc1ccccc1S(=O)(=O)C1=C(C)Nc2cc(C(F)(F)F)nn2C1c1ccc(Cl)cc1. The van der Waals surface area contributed by atoms with Crippen LogP contribution in [-0.4, -0.2) is 25.3 Å². The lowest BCUT2D eigenvalue weighted by Crippen LogP contribution is -2.29. The Morgan fingerprint density at radius 2 is 1.78 bits per heavy atom. The highest BCUT2D eigenvalue weighted by molar-refractivity contribution is 7.95. The summed E-state index contributed by atoms with van der Waals surface area (Å²) >= 11 is 5.97. The molecule has 0 fully saturated rings. The largest absolute Gasteiger partial charge is 0.495 e. The number of nitrogens with zero attached hydrogens (tertiary/aromatic N) is 2. The highest BCUT2D eigenvalue weighted by Crippen LogP contribution is 2.44. The maximum atomic E-state index is 13.8. The number of aromatic nitrogens is 2. The second kappa shape index (κ2) is 7.86. The molecule has 2 heterocycles. The van der Waals surface area contributed by atoms with Gasteiger partial charge in [0, 0.05) is 16.8 Å². The number of rotatable bonds is 4. The van der Waals surface area contributed by atoms with Crippen LogP contribution in [0.2, 0.25) is 5.02 Å². The molecule has 32 heavy (non-hydrogen) atoms. The zero-order chi connectivity index (χ0) is 23.3. The summed E-state index contributed by atoms with van der Waals surface area (Å²) in [5.74, 6) is 0.138. The van der Waals surface area contributed by atoms with E-state index in [-0.39, 0.29) is 27.1 Å². The molecule has 1 aliphatic heterocycles. The molecular weight excluding hydrogens is 467 g/mol. The minimum absolute atomic E-state index is 0.0220. The Labute approximate surface area is 187 Å². The van der Waals surface area contributed by atoms with Gasteiger partial charge in [0.2, 0.25) is 9.84 Å². The molecule has 0 saturated heterocycles. The smallest absolute Gasteiger partial charge is 0.435 e. The molecule has 168 valence electrons. The first-order valence-electron chi connectivity index (χ1n) is 9.32. The summed E-state index contributed by atoms with van der Waals surface area (Å²) in [5, 5.41) is 6.86. The van der Waals surface area contributed by atoms with Crippen molar-refractivity contribution in [3.63, 3.8) is 0 Å². The number of nitrogens with one attached hydrogen (secondary N) is 1. The van der Waals surface area contributed by atoms with Gasteiger partial charge >= 0.3 is 6.18 Å². The highest BCUT2D eigenvalue weighted by Gasteiger charge is 2.42. The van der Waals surface area contributed by atoms with Crippen molar-refractivity contribution in [1.29, 1.82) is 0 Å². The number of allylic oxidation sites excluding steroid dienone is 2. The highest BCUT2D eigenvalue weighted by atomic mass is 35.5. The van der Waals surface area contributed by atoms with Gasteiger partial charge in [-0.25, -0.2) is 13.1 Å². The summed E-state index contributed by atoms with van der Waals surface area (Å²) < 4.78 is 73.9. The van der Waals surface area contributed by atoms with Gasteiger partial charge in [0.05, 0.1) is 12.0 Å². The lowest BCUT2D eigenvalue weighted by atomic mass is 10.0. The van der Waals surface area contributed by atoms with Crippen molar-refractivity contribution in [2.75, 3.05) is 12.4 Å². The fraction of sp³-hybridized carbons (Fsp3) is 0.190. The molecule has 0 bridgehead atoms. The Morgan fingerprint density at radius 1 is 1.12 bits per heavy atom. The average Bonchev–Trinajstić information content (AvgIpc) is 3.17. The predicted molar refractivity (Wildman–Crippen MR) is 113 cm³/mol. The number of methoxy groups -OCH3 is 1. The molecule has 2 aromatic carbocycles. The Morgan fingerprint density at radius 3 is 2.41 bits per heavy atom. The first-order valence-corrected chi connectivity index (χ1v) is 11.2. The number of ether oxygens (including phenoxy) is 1. The summed E-state index contributed by atoms with van der Waals surface area (Å²) in [5.41, 5.74) is -0.554. The van der Waals surface area contributed by atoms with Crippen LogP contribution in [0.1, 0.15) is 24.2 Å². The molecule has 0 aliphatic carbocycles. The molecule has 1 atom stereocenters. The molecule has 4 rings (SSSR count). The minimum Gasteiger partial charge on any atom is -0.495 e. The van der Waals surface area contributed by atoms with Crippen molar-refractivity contribution in [2.24, 2.45) is 0 Å². The maximum Gasteiger partial charge on any atom is 0.435 e. The summed E-state index contributed by atoms with van der Waals surface area (Å²) in [4.78, 5) is -0.252. The number of alkyl halides is 3. The van der Waals surface area contributed by atoms with Gasteiger partial charge in [-0.2, -0.15) is 18.3 Å². The van der Waals surface area contributed by atoms with Crippen LogP contribution in [0.5, 0.6) is 5.75 Å². The Hall–Kier alpha value is -2.98. The number of hydrogen-bond donors (Lipinski definition) is 1. The predicted octanol–water partition coefficient (Wildman–Crippen LogP) is 5.28. The average molecular weight is 484 g/mol. The molecule has 0 spiro atoms. The zero-order valence-corrected chi connectivity index (χ0v) is 18.4. The second-order valence-corrected chi connectivity index (χ2v) is 9.40. The van der Waals surface area contributed by atoms with Crippen LogP contribution in [-0.2, 0) is 16.0 Å². The number of sulfone groups is 1. The van der Waals surface area contributed by atoms with E-state index < -0.39 is 27.7 Å². The van der Waals surface area contributed by atoms with Crippen molar-refractivity contribution < 1.29 is 26.3 Å². The summed E-state index contributed by atoms with van der Waals surface area (Å²) in [6.07, 6.45) is -4.70. The van der Waals surface area contributed by atoms with E-state index in [9.17, 15) is 21.6 Å². The quantitative estimate of drug-likeness (QED) is 0.546. The number of anilines is 1. The Balaban J connectivity index is 1.98. The number of hydrogen-bond acceptors (Lipinski definition) is 5. The molecule has 3 aromatic rings. The monoisotopic (exact) mass is 483 g/mol. The topological polar surface area (TPSA) is 73.2 Å². The van der Waals surface area contributed by atoms with Gasteiger partial charge in [-0.15, -0.1) is 0 Å². The molecule has 1 N–H and O–H groups in total. The van der Waals surface area contributed by atoms with E-state index in [4.69, 9.17) is 16.3 Å². The summed E-state index contributed by atoms with van der Waals surface area (Å²) in [7, 11) is -2.87. The molecule has 0 saturated carbocycles. The minimum atomic E-state index is -4.70. The molecule has 11 heteroatoms. The van der Waals surface area contributed by atoms with Gasteiger partial charge in [-0.1, -0.05) is 35.9 Å². The maximum absolute atomic E-state index is 13.8. The fourth-order valence-electron chi connectivity index (χ4n) is 3.64. The van der Waals surface area contributed by atoms with E-state index in [0.717, 1.165) is 10.7 Å². The first-order chi connectivity index (χ1) is 15.0. The van der Waals surface area contributed by atoms with Gasteiger partial charge in [0.1, 0.15) is 22.5 Å². The first kappa shape index (κ1) is 22.2. The molecule has 1 aliphatic rings. The van der Waals surface area contributed by atoms with Crippen LogP contribution < -0.4 is 10.1 Å². The van der Waals surface area contributed by atoms with E-state index in [1.54, 1.807) is 24.3 Å². The summed E-state index contributed by atoms with van der Waals surface area (Å²) in [6, 6.07) is 11.9. The van der Waals surface area contributed by atoms with E-state index >= 15 is 0 Å². The Kier molecular flexibility index (Phi) is 5.46. The van der Waals surface area contributed by atoms with Crippen LogP contribution in [0.3, 0.4) is 0 Å². The van der Waals surface area contributed by atoms with Crippen molar-refractivity contribution in [3.05, 3.63) is 81.5 Å². The Bertz CT molecular complexity index is 1320. The van der Waals surface area contributed by atoms with Gasteiger partial charge in [0.15, 0.2) is 5.69 Å². The van der Waals surface area contributed by atoms with Crippen LogP contribution in [0, 0.1) is 0 Å². The number of halogens is 4. The summed E-state index contributed by atoms with van der Waals surface area (Å²) in [6.45, 7) is 1.50. The van der Waals surface area contributed by atoms with Crippen molar-refractivity contribution in [1.82, 2.24) is 9.78 Å². The zero-order valence-electron chi connectivity index (χ0n) is 16.8. The van der Waals surface area contributed by atoms with Crippen molar-refractivity contribution >= 4 is 27.3 Å². The van der Waals surface area contributed by atoms with Gasteiger partial charge in [-0.3, -0.25) is 0 Å². The van der Waals surface area contributed by atoms with E-state index in [1.165, 1.54) is 38.3 Å². The molecule has 6 nitrogen and oxygen atoms in total. The lowest BCUT2D eigenvalue weighted by Gasteiger charge is -2.30. The van der Waals surface area contributed by atoms with E-state index in [2.05, 4.69) is 10.4 Å². The van der Waals surface area contributed by atoms with E-state index in [1.807, 2.05) is 0 Å². The molecule has 0 amide bonds. The third-order valence-corrected chi connectivity index (χ3v) is 7.31. The van der Waals surface area contributed by atoms with Crippen LogP contribution in [0.15, 0.2) is 70.1 Å². The number of fused-ring (bicyclic) bond motifs is 1. The van der Waals surface area contributed by atoms with Gasteiger partial charge in [0.25, 0.3) is 0 Å². The van der Waals surface area contributed by atoms with Crippen molar-refractivity contribution in [2.45, 2.75) is 24.0 Å². The molecule has 0 radical (unpaired) electrons. The second-order valence-electron chi connectivity index (χ2n) is 7.08.